The SMILES string of the molecule is CC(=O)c1ccc(OCc2cccc(Cl)c2)nc1. The zero-order chi connectivity index (χ0) is 13.0. The number of hydrogen-bond acceptors (Lipinski definition) is 3. The lowest BCUT2D eigenvalue weighted by atomic mass is 10.2. The van der Waals surface area contributed by atoms with Crippen LogP contribution >= 0.6 is 11.6 Å². The normalized spacial score (nSPS) is 10.1. The molecule has 0 bridgehead atoms. The highest BCUT2D eigenvalue weighted by Gasteiger charge is 2.01. The molecule has 2 rings (SSSR count). The van der Waals surface area contributed by atoms with Gasteiger partial charge in [-0.3, -0.25) is 4.79 Å². The summed E-state index contributed by atoms with van der Waals surface area (Å²) in [5.41, 5.74) is 1.55. The summed E-state index contributed by atoms with van der Waals surface area (Å²) in [6.07, 6.45) is 1.51. The van der Waals surface area contributed by atoms with Gasteiger partial charge in [-0.1, -0.05) is 23.7 Å². The lowest BCUT2D eigenvalue weighted by molar-refractivity contribution is 0.101. The summed E-state index contributed by atoms with van der Waals surface area (Å²) in [4.78, 5) is 15.1. The van der Waals surface area contributed by atoms with Crippen LogP contribution in [0, 0.1) is 0 Å². The van der Waals surface area contributed by atoms with E-state index in [1.807, 2.05) is 24.3 Å². The van der Waals surface area contributed by atoms with Crippen molar-refractivity contribution in [3.05, 3.63) is 58.7 Å². The van der Waals surface area contributed by atoms with Crippen LogP contribution in [0.3, 0.4) is 0 Å². The maximum atomic E-state index is 11.1. The van der Waals surface area contributed by atoms with Gasteiger partial charge in [0.15, 0.2) is 5.78 Å². The fourth-order valence-corrected chi connectivity index (χ4v) is 1.67. The van der Waals surface area contributed by atoms with E-state index in [2.05, 4.69) is 4.98 Å². The molecule has 92 valence electrons. The Kier molecular flexibility index (Phi) is 3.95. The quantitative estimate of drug-likeness (QED) is 0.791. The minimum absolute atomic E-state index is 0.0103. The molecule has 0 unspecified atom stereocenters. The van der Waals surface area contributed by atoms with Crippen LogP contribution in [-0.2, 0) is 6.61 Å². The van der Waals surface area contributed by atoms with Crippen molar-refractivity contribution in [1.82, 2.24) is 4.98 Å². The van der Waals surface area contributed by atoms with Gasteiger partial charge in [-0.25, -0.2) is 4.98 Å². The molecule has 0 radical (unpaired) electrons. The lowest BCUT2D eigenvalue weighted by Crippen LogP contribution is -1.99. The van der Waals surface area contributed by atoms with E-state index in [4.69, 9.17) is 16.3 Å². The molecule has 3 nitrogen and oxygen atoms in total. The van der Waals surface area contributed by atoms with Crippen molar-refractivity contribution in [2.45, 2.75) is 13.5 Å². The molecule has 0 amide bonds. The third kappa shape index (κ3) is 3.31. The number of Topliss-reactive ketones (excluding diaryl/α,β-unsaturated/α-hetero) is 1. The Hall–Kier alpha value is -1.87. The second-order valence-electron chi connectivity index (χ2n) is 3.86. The van der Waals surface area contributed by atoms with Crippen LogP contribution in [0.2, 0.25) is 5.02 Å². The van der Waals surface area contributed by atoms with Crippen LogP contribution in [0.25, 0.3) is 0 Å². The summed E-state index contributed by atoms with van der Waals surface area (Å²) in [5.74, 6) is 0.476. The number of carbonyl (C=O) groups excluding carboxylic acids is 1. The summed E-state index contributed by atoms with van der Waals surface area (Å²) in [5, 5.41) is 0.677. The van der Waals surface area contributed by atoms with Crippen LogP contribution in [0.15, 0.2) is 42.6 Å². The van der Waals surface area contributed by atoms with Crippen LogP contribution < -0.4 is 4.74 Å². The third-order valence-electron chi connectivity index (χ3n) is 2.42. The van der Waals surface area contributed by atoms with Gasteiger partial charge < -0.3 is 4.74 Å². The van der Waals surface area contributed by atoms with Crippen molar-refractivity contribution in [2.24, 2.45) is 0 Å². The molecular formula is C14H12ClNO2. The Morgan fingerprint density at radius 2 is 2.17 bits per heavy atom. The van der Waals surface area contributed by atoms with E-state index in [0.29, 0.717) is 23.1 Å². The van der Waals surface area contributed by atoms with Crippen molar-refractivity contribution in [2.75, 3.05) is 0 Å². The number of nitrogens with zero attached hydrogens (tertiary/aromatic N) is 1. The molecule has 1 aromatic carbocycles. The van der Waals surface area contributed by atoms with E-state index in [1.165, 1.54) is 13.1 Å². The number of benzene rings is 1. The Bertz CT molecular complexity index is 552. The van der Waals surface area contributed by atoms with Crippen molar-refractivity contribution in [1.29, 1.82) is 0 Å². The second-order valence-corrected chi connectivity index (χ2v) is 4.30. The predicted octanol–water partition coefficient (Wildman–Crippen LogP) is 3.52. The highest BCUT2D eigenvalue weighted by atomic mass is 35.5. The molecule has 0 aliphatic rings. The molecule has 0 saturated heterocycles. The first-order valence-electron chi connectivity index (χ1n) is 5.49. The number of halogens is 1. The first-order chi connectivity index (χ1) is 8.65. The molecule has 2 aromatic rings. The molecule has 0 spiro atoms. The summed E-state index contributed by atoms with van der Waals surface area (Å²) in [6.45, 7) is 1.90. The standard InChI is InChI=1S/C14H12ClNO2/c1-10(17)12-5-6-14(16-8-12)18-9-11-3-2-4-13(15)7-11/h2-8H,9H2,1H3. The van der Waals surface area contributed by atoms with Crippen LogP contribution in [-0.4, -0.2) is 10.8 Å². The molecule has 18 heavy (non-hydrogen) atoms. The summed E-state index contributed by atoms with van der Waals surface area (Å²) < 4.78 is 5.50. The molecule has 1 aromatic heterocycles. The Morgan fingerprint density at radius 3 is 2.78 bits per heavy atom. The van der Waals surface area contributed by atoms with Gasteiger partial charge in [0, 0.05) is 22.8 Å². The van der Waals surface area contributed by atoms with E-state index >= 15 is 0 Å². The first kappa shape index (κ1) is 12.6. The van der Waals surface area contributed by atoms with Gasteiger partial charge in [0.05, 0.1) is 0 Å². The molecule has 4 heteroatoms. The molecule has 0 fully saturated rings. The van der Waals surface area contributed by atoms with E-state index in [-0.39, 0.29) is 5.78 Å². The molecule has 0 atom stereocenters. The largest absolute Gasteiger partial charge is 0.473 e. The van der Waals surface area contributed by atoms with Crippen molar-refractivity contribution in [3.8, 4) is 5.88 Å². The first-order valence-corrected chi connectivity index (χ1v) is 5.87. The average molecular weight is 262 g/mol. The van der Waals surface area contributed by atoms with Gasteiger partial charge in [-0.05, 0) is 30.7 Å². The minimum Gasteiger partial charge on any atom is -0.473 e. The number of ether oxygens (including phenoxy) is 1. The number of aromatic nitrogens is 1. The fourth-order valence-electron chi connectivity index (χ4n) is 1.46. The summed E-state index contributed by atoms with van der Waals surface area (Å²) in [7, 11) is 0. The number of rotatable bonds is 4. The molecule has 0 saturated carbocycles. The third-order valence-corrected chi connectivity index (χ3v) is 2.65. The topological polar surface area (TPSA) is 39.2 Å². The summed E-state index contributed by atoms with van der Waals surface area (Å²) in [6, 6.07) is 10.8. The second kappa shape index (κ2) is 5.65. The lowest BCUT2D eigenvalue weighted by Gasteiger charge is -2.05. The fraction of sp³-hybridized carbons (Fsp3) is 0.143. The Labute approximate surface area is 110 Å². The predicted molar refractivity (Wildman–Crippen MR) is 70.0 cm³/mol. The van der Waals surface area contributed by atoms with Gasteiger partial charge >= 0.3 is 0 Å². The van der Waals surface area contributed by atoms with Crippen LogP contribution in [0.4, 0.5) is 0 Å². The smallest absolute Gasteiger partial charge is 0.213 e. The van der Waals surface area contributed by atoms with Crippen molar-refractivity contribution >= 4 is 17.4 Å². The zero-order valence-electron chi connectivity index (χ0n) is 9.89. The molecule has 1 heterocycles. The number of hydrogen-bond donors (Lipinski definition) is 0. The molecule has 0 aliphatic heterocycles. The van der Waals surface area contributed by atoms with Gasteiger partial charge in [0.2, 0.25) is 5.88 Å². The average Bonchev–Trinajstić information content (AvgIpc) is 2.37. The number of ketones is 1. The maximum absolute atomic E-state index is 11.1. The van der Waals surface area contributed by atoms with Gasteiger partial charge in [-0.2, -0.15) is 0 Å². The maximum Gasteiger partial charge on any atom is 0.213 e. The van der Waals surface area contributed by atoms with Gasteiger partial charge in [0.1, 0.15) is 6.61 Å². The highest BCUT2D eigenvalue weighted by molar-refractivity contribution is 6.30. The Balaban J connectivity index is 2.00. The van der Waals surface area contributed by atoms with E-state index in [9.17, 15) is 4.79 Å². The molecule has 0 N–H and O–H groups in total. The van der Waals surface area contributed by atoms with Crippen LogP contribution in [0.1, 0.15) is 22.8 Å². The highest BCUT2D eigenvalue weighted by Crippen LogP contribution is 2.14. The zero-order valence-corrected chi connectivity index (χ0v) is 10.6. The van der Waals surface area contributed by atoms with Crippen LogP contribution in [0.5, 0.6) is 5.88 Å². The minimum atomic E-state index is -0.0103. The number of carbonyl (C=O) groups is 1. The van der Waals surface area contributed by atoms with Crippen molar-refractivity contribution < 1.29 is 9.53 Å². The monoisotopic (exact) mass is 261 g/mol. The summed E-state index contributed by atoms with van der Waals surface area (Å²) >= 11 is 5.87. The molecular weight excluding hydrogens is 250 g/mol. The Morgan fingerprint density at radius 1 is 1.33 bits per heavy atom. The van der Waals surface area contributed by atoms with Gasteiger partial charge in [0.25, 0.3) is 0 Å². The van der Waals surface area contributed by atoms with E-state index < -0.39 is 0 Å². The van der Waals surface area contributed by atoms with E-state index in [1.54, 1.807) is 12.1 Å². The van der Waals surface area contributed by atoms with Gasteiger partial charge in [-0.15, -0.1) is 0 Å². The number of pyridine rings is 1. The van der Waals surface area contributed by atoms with E-state index in [0.717, 1.165) is 5.56 Å². The molecule has 0 aliphatic carbocycles. The van der Waals surface area contributed by atoms with Crippen molar-refractivity contribution in [3.63, 3.8) is 0 Å².